The number of pyridine rings is 1. The molecule has 0 atom stereocenters. The number of aromatic nitrogens is 4. The first-order valence-electron chi connectivity index (χ1n) is 4.83. The predicted molar refractivity (Wildman–Crippen MR) is 63.5 cm³/mol. The van der Waals surface area contributed by atoms with Crippen molar-refractivity contribution in [3.05, 3.63) is 40.6 Å². The van der Waals surface area contributed by atoms with Crippen LogP contribution in [0.15, 0.2) is 24.4 Å². The highest BCUT2D eigenvalue weighted by Crippen LogP contribution is 2.07. The molecule has 0 fully saturated rings. The number of nitrogens with one attached hydrogen (secondary N) is 2. The molecule has 0 amide bonds. The average Bonchev–Trinajstić information content (AvgIpc) is 2.32. The SMILES string of the molecule is Cc1n[nH]c(=S)nc1NCc1ccccn1. The summed E-state index contributed by atoms with van der Waals surface area (Å²) in [5.74, 6) is 0.689. The summed E-state index contributed by atoms with van der Waals surface area (Å²) in [5, 5.41) is 9.80. The smallest absolute Gasteiger partial charge is 0.215 e. The fraction of sp³-hybridized carbons (Fsp3) is 0.200. The van der Waals surface area contributed by atoms with E-state index in [-0.39, 0.29) is 0 Å². The van der Waals surface area contributed by atoms with Crippen LogP contribution in [0.4, 0.5) is 5.82 Å². The summed E-state index contributed by atoms with van der Waals surface area (Å²) in [6.07, 6.45) is 1.76. The third kappa shape index (κ3) is 2.60. The Morgan fingerprint density at radius 3 is 3.06 bits per heavy atom. The molecule has 0 saturated carbocycles. The molecular weight excluding hydrogens is 222 g/mol. The van der Waals surface area contributed by atoms with Gasteiger partial charge in [0, 0.05) is 6.20 Å². The molecule has 2 N–H and O–H groups in total. The van der Waals surface area contributed by atoms with E-state index in [1.807, 2.05) is 25.1 Å². The largest absolute Gasteiger partial charge is 0.363 e. The van der Waals surface area contributed by atoms with Crippen molar-refractivity contribution in [2.75, 3.05) is 5.32 Å². The summed E-state index contributed by atoms with van der Waals surface area (Å²) in [4.78, 5) is 8.35. The number of aromatic amines is 1. The number of anilines is 1. The first kappa shape index (κ1) is 10.7. The van der Waals surface area contributed by atoms with Crippen LogP contribution in [0.5, 0.6) is 0 Å². The van der Waals surface area contributed by atoms with Gasteiger partial charge in [0.05, 0.1) is 17.9 Å². The van der Waals surface area contributed by atoms with Crippen LogP contribution >= 0.6 is 12.2 Å². The Balaban J connectivity index is 2.10. The second-order valence-electron chi connectivity index (χ2n) is 3.25. The lowest BCUT2D eigenvalue weighted by atomic mass is 10.3. The summed E-state index contributed by atoms with van der Waals surface area (Å²) in [6.45, 7) is 2.47. The predicted octanol–water partition coefficient (Wildman–Crippen LogP) is 1.85. The molecule has 0 unspecified atom stereocenters. The first-order chi connectivity index (χ1) is 7.75. The molecule has 2 aromatic rings. The van der Waals surface area contributed by atoms with Gasteiger partial charge in [-0.2, -0.15) is 10.1 Å². The van der Waals surface area contributed by atoms with Gasteiger partial charge in [0.1, 0.15) is 0 Å². The summed E-state index contributed by atoms with van der Waals surface area (Å²) < 4.78 is 0.370. The van der Waals surface area contributed by atoms with Gasteiger partial charge in [0.2, 0.25) is 4.77 Å². The maximum Gasteiger partial charge on any atom is 0.215 e. The summed E-state index contributed by atoms with van der Waals surface area (Å²) in [7, 11) is 0. The number of rotatable bonds is 3. The van der Waals surface area contributed by atoms with Gasteiger partial charge in [-0.05, 0) is 31.3 Å². The Hall–Kier alpha value is -1.82. The summed E-state index contributed by atoms with van der Waals surface area (Å²) in [6, 6.07) is 5.77. The van der Waals surface area contributed by atoms with Gasteiger partial charge in [0.25, 0.3) is 0 Å². The molecule has 0 spiro atoms. The topological polar surface area (TPSA) is 66.5 Å². The zero-order valence-corrected chi connectivity index (χ0v) is 9.58. The minimum absolute atomic E-state index is 0.370. The molecule has 0 aliphatic rings. The van der Waals surface area contributed by atoms with Crippen molar-refractivity contribution >= 4 is 18.0 Å². The van der Waals surface area contributed by atoms with Crippen LogP contribution in [-0.2, 0) is 6.54 Å². The highest BCUT2D eigenvalue weighted by Gasteiger charge is 2.00. The van der Waals surface area contributed by atoms with E-state index in [0.717, 1.165) is 11.4 Å². The molecule has 16 heavy (non-hydrogen) atoms. The van der Waals surface area contributed by atoms with Gasteiger partial charge >= 0.3 is 0 Å². The maximum absolute atomic E-state index is 4.91. The lowest BCUT2D eigenvalue weighted by Crippen LogP contribution is -2.06. The van der Waals surface area contributed by atoms with Crippen molar-refractivity contribution in [2.24, 2.45) is 0 Å². The van der Waals surface area contributed by atoms with Crippen LogP contribution in [0.25, 0.3) is 0 Å². The van der Waals surface area contributed by atoms with Crippen LogP contribution in [0.2, 0.25) is 0 Å². The van der Waals surface area contributed by atoms with Crippen molar-refractivity contribution in [3.8, 4) is 0 Å². The number of hydrogen-bond donors (Lipinski definition) is 2. The van der Waals surface area contributed by atoms with E-state index < -0.39 is 0 Å². The second kappa shape index (κ2) is 4.80. The maximum atomic E-state index is 4.91. The Bertz CT molecular complexity index is 522. The van der Waals surface area contributed by atoms with Gasteiger partial charge in [0.15, 0.2) is 5.82 Å². The van der Waals surface area contributed by atoms with E-state index in [2.05, 4.69) is 25.5 Å². The standard InChI is InChI=1S/C10H11N5S/c1-7-9(13-10(16)15-14-7)12-6-8-4-2-3-5-11-8/h2-5H,6H2,1H3,(H2,12,13,15,16). The quantitative estimate of drug-likeness (QED) is 0.792. The lowest BCUT2D eigenvalue weighted by Gasteiger charge is -2.06. The Kier molecular flexibility index (Phi) is 3.21. The molecule has 0 aliphatic carbocycles. The van der Waals surface area contributed by atoms with Crippen molar-refractivity contribution in [3.63, 3.8) is 0 Å². The van der Waals surface area contributed by atoms with Crippen molar-refractivity contribution in [1.82, 2.24) is 20.2 Å². The molecule has 5 nitrogen and oxygen atoms in total. The second-order valence-corrected chi connectivity index (χ2v) is 3.64. The molecule has 6 heteroatoms. The third-order valence-corrected chi connectivity index (χ3v) is 2.22. The Morgan fingerprint density at radius 1 is 1.44 bits per heavy atom. The third-order valence-electron chi connectivity index (χ3n) is 2.04. The van der Waals surface area contributed by atoms with E-state index in [0.29, 0.717) is 17.1 Å². The van der Waals surface area contributed by atoms with E-state index in [1.54, 1.807) is 6.20 Å². The average molecular weight is 233 g/mol. The number of nitrogens with zero attached hydrogens (tertiary/aromatic N) is 3. The minimum atomic E-state index is 0.370. The normalized spacial score (nSPS) is 10.1. The van der Waals surface area contributed by atoms with Gasteiger partial charge < -0.3 is 5.32 Å². The highest BCUT2D eigenvalue weighted by molar-refractivity contribution is 7.71. The molecule has 0 saturated heterocycles. The van der Waals surface area contributed by atoms with Crippen molar-refractivity contribution < 1.29 is 0 Å². The van der Waals surface area contributed by atoms with Crippen LogP contribution in [0, 0.1) is 11.7 Å². The molecule has 2 rings (SSSR count). The van der Waals surface area contributed by atoms with Gasteiger partial charge in [-0.25, -0.2) is 0 Å². The van der Waals surface area contributed by atoms with Crippen LogP contribution in [0.3, 0.4) is 0 Å². The van der Waals surface area contributed by atoms with Gasteiger partial charge in [-0.1, -0.05) is 6.07 Å². The fourth-order valence-corrected chi connectivity index (χ4v) is 1.37. The van der Waals surface area contributed by atoms with E-state index >= 15 is 0 Å². The van der Waals surface area contributed by atoms with Crippen LogP contribution in [-0.4, -0.2) is 20.2 Å². The molecule has 2 heterocycles. The zero-order valence-electron chi connectivity index (χ0n) is 8.77. The molecule has 0 aliphatic heterocycles. The fourth-order valence-electron chi connectivity index (χ4n) is 1.24. The molecule has 0 bridgehead atoms. The molecule has 2 aromatic heterocycles. The first-order valence-corrected chi connectivity index (χ1v) is 5.23. The number of hydrogen-bond acceptors (Lipinski definition) is 5. The van der Waals surface area contributed by atoms with Crippen LogP contribution < -0.4 is 5.32 Å². The Morgan fingerprint density at radius 2 is 2.31 bits per heavy atom. The van der Waals surface area contributed by atoms with Gasteiger partial charge in [-0.3, -0.25) is 10.1 Å². The molecular formula is C10H11N5S. The molecule has 82 valence electrons. The minimum Gasteiger partial charge on any atom is -0.363 e. The zero-order chi connectivity index (χ0) is 11.4. The highest BCUT2D eigenvalue weighted by atomic mass is 32.1. The summed E-state index contributed by atoms with van der Waals surface area (Å²) in [5.41, 5.74) is 1.73. The number of aryl methyl sites for hydroxylation is 1. The monoisotopic (exact) mass is 233 g/mol. The Labute approximate surface area is 98.0 Å². The molecule has 0 radical (unpaired) electrons. The van der Waals surface area contributed by atoms with Crippen molar-refractivity contribution in [1.29, 1.82) is 0 Å². The van der Waals surface area contributed by atoms with Crippen LogP contribution in [0.1, 0.15) is 11.4 Å². The van der Waals surface area contributed by atoms with E-state index in [4.69, 9.17) is 12.2 Å². The summed E-state index contributed by atoms with van der Waals surface area (Å²) >= 11 is 4.91. The number of H-pyrrole nitrogens is 1. The van der Waals surface area contributed by atoms with E-state index in [9.17, 15) is 0 Å². The van der Waals surface area contributed by atoms with Gasteiger partial charge in [-0.15, -0.1) is 0 Å². The lowest BCUT2D eigenvalue weighted by molar-refractivity contribution is 0.897. The van der Waals surface area contributed by atoms with E-state index in [1.165, 1.54) is 0 Å². The van der Waals surface area contributed by atoms with Crippen molar-refractivity contribution in [2.45, 2.75) is 13.5 Å². The molecule has 0 aromatic carbocycles.